The second kappa shape index (κ2) is 6.92. The molecule has 2 rings (SSSR count). The van der Waals surface area contributed by atoms with Crippen molar-refractivity contribution in [2.24, 2.45) is 0 Å². The fourth-order valence-corrected chi connectivity index (χ4v) is 1.96. The molecule has 0 unspecified atom stereocenters. The highest BCUT2D eigenvalue weighted by Gasteiger charge is 2.02. The molecule has 0 aliphatic rings. The zero-order valence-corrected chi connectivity index (χ0v) is 13.1. The SMILES string of the molecule is CC(C)Nc1cccc(CNc2ccnc(N(C)C)n2)c1. The first-order chi connectivity index (χ1) is 10.0. The van der Waals surface area contributed by atoms with Crippen LogP contribution in [-0.2, 0) is 6.54 Å². The van der Waals surface area contributed by atoms with E-state index in [1.165, 1.54) is 5.56 Å². The summed E-state index contributed by atoms with van der Waals surface area (Å²) in [7, 11) is 3.86. The number of benzene rings is 1. The van der Waals surface area contributed by atoms with E-state index in [0.29, 0.717) is 12.0 Å². The van der Waals surface area contributed by atoms with Crippen molar-refractivity contribution in [2.75, 3.05) is 29.6 Å². The fraction of sp³-hybridized carbons (Fsp3) is 0.375. The Kier molecular flexibility index (Phi) is 4.98. The predicted octanol–water partition coefficient (Wildman–Crippen LogP) is 2.98. The van der Waals surface area contributed by atoms with Gasteiger partial charge >= 0.3 is 0 Å². The molecule has 1 aromatic carbocycles. The van der Waals surface area contributed by atoms with Gasteiger partial charge in [0, 0.05) is 38.6 Å². The quantitative estimate of drug-likeness (QED) is 0.854. The molecule has 0 saturated heterocycles. The summed E-state index contributed by atoms with van der Waals surface area (Å²) < 4.78 is 0. The molecule has 1 heterocycles. The lowest BCUT2D eigenvalue weighted by Gasteiger charge is -2.13. The van der Waals surface area contributed by atoms with Crippen LogP contribution in [0.2, 0.25) is 0 Å². The van der Waals surface area contributed by atoms with Crippen molar-refractivity contribution in [1.29, 1.82) is 0 Å². The highest BCUT2D eigenvalue weighted by molar-refractivity contribution is 5.47. The van der Waals surface area contributed by atoms with Gasteiger partial charge in [-0.2, -0.15) is 4.98 Å². The third-order valence-electron chi connectivity index (χ3n) is 2.90. The van der Waals surface area contributed by atoms with E-state index in [0.717, 1.165) is 18.1 Å². The number of nitrogens with one attached hydrogen (secondary N) is 2. The van der Waals surface area contributed by atoms with Crippen LogP contribution in [0.5, 0.6) is 0 Å². The van der Waals surface area contributed by atoms with Crippen molar-refractivity contribution in [3.8, 4) is 0 Å². The Bertz CT molecular complexity index is 580. The summed E-state index contributed by atoms with van der Waals surface area (Å²) in [6.45, 7) is 5.00. The molecule has 0 aliphatic carbocycles. The van der Waals surface area contributed by atoms with Gasteiger partial charge in [-0.3, -0.25) is 0 Å². The lowest BCUT2D eigenvalue weighted by atomic mass is 10.2. The maximum Gasteiger partial charge on any atom is 0.226 e. The number of anilines is 3. The zero-order chi connectivity index (χ0) is 15.2. The van der Waals surface area contributed by atoms with E-state index in [2.05, 4.69) is 58.7 Å². The largest absolute Gasteiger partial charge is 0.383 e. The first-order valence-electron chi connectivity index (χ1n) is 7.14. The topological polar surface area (TPSA) is 53.1 Å². The van der Waals surface area contributed by atoms with Gasteiger partial charge in [0.1, 0.15) is 5.82 Å². The Hall–Kier alpha value is -2.30. The first kappa shape index (κ1) is 15.1. The van der Waals surface area contributed by atoms with E-state index in [1.54, 1.807) is 6.20 Å². The monoisotopic (exact) mass is 285 g/mol. The van der Waals surface area contributed by atoms with Gasteiger partial charge < -0.3 is 15.5 Å². The van der Waals surface area contributed by atoms with E-state index >= 15 is 0 Å². The van der Waals surface area contributed by atoms with Gasteiger partial charge in [-0.25, -0.2) is 4.98 Å². The van der Waals surface area contributed by atoms with Crippen LogP contribution in [0.3, 0.4) is 0 Å². The number of hydrogen-bond donors (Lipinski definition) is 2. The summed E-state index contributed by atoms with van der Waals surface area (Å²) >= 11 is 0. The zero-order valence-electron chi connectivity index (χ0n) is 13.1. The molecule has 0 fully saturated rings. The Morgan fingerprint density at radius 3 is 2.71 bits per heavy atom. The van der Waals surface area contributed by atoms with Crippen LogP contribution >= 0.6 is 0 Å². The molecule has 0 aliphatic heterocycles. The summed E-state index contributed by atoms with van der Waals surface area (Å²) in [4.78, 5) is 10.5. The van der Waals surface area contributed by atoms with Gasteiger partial charge in [-0.1, -0.05) is 12.1 Å². The minimum absolute atomic E-state index is 0.428. The molecule has 0 bridgehead atoms. The highest BCUT2D eigenvalue weighted by Crippen LogP contribution is 2.14. The van der Waals surface area contributed by atoms with Crippen LogP contribution in [0.15, 0.2) is 36.5 Å². The fourth-order valence-electron chi connectivity index (χ4n) is 1.96. The smallest absolute Gasteiger partial charge is 0.226 e. The molecule has 5 heteroatoms. The van der Waals surface area contributed by atoms with Gasteiger partial charge in [0.15, 0.2) is 0 Å². The Balaban J connectivity index is 2.01. The normalized spacial score (nSPS) is 10.5. The number of rotatable bonds is 6. The van der Waals surface area contributed by atoms with E-state index in [4.69, 9.17) is 0 Å². The van der Waals surface area contributed by atoms with Crippen molar-refractivity contribution in [3.05, 3.63) is 42.1 Å². The predicted molar refractivity (Wildman–Crippen MR) is 88.9 cm³/mol. The number of hydrogen-bond acceptors (Lipinski definition) is 5. The molecular formula is C16H23N5. The molecule has 21 heavy (non-hydrogen) atoms. The molecule has 0 saturated carbocycles. The van der Waals surface area contributed by atoms with Gasteiger partial charge in [-0.05, 0) is 37.6 Å². The molecule has 0 spiro atoms. The van der Waals surface area contributed by atoms with Crippen LogP contribution in [0.1, 0.15) is 19.4 Å². The van der Waals surface area contributed by atoms with E-state index < -0.39 is 0 Å². The average Bonchev–Trinajstić information content (AvgIpc) is 2.45. The summed E-state index contributed by atoms with van der Waals surface area (Å²) in [6, 6.07) is 10.7. The molecule has 2 aromatic rings. The maximum absolute atomic E-state index is 4.45. The maximum atomic E-state index is 4.45. The molecule has 0 amide bonds. The number of nitrogens with zero attached hydrogens (tertiary/aromatic N) is 3. The lowest BCUT2D eigenvalue weighted by molar-refractivity contribution is 0.899. The Labute approximate surface area is 126 Å². The minimum Gasteiger partial charge on any atom is -0.383 e. The van der Waals surface area contributed by atoms with Gasteiger partial charge in [0.05, 0.1) is 0 Å². The van der Waals surface area contributed by atoms with Crippen LogP contribution in [-0.4, -0.2) is 30.1 Å². The van der Waals surface area contributed by atoms with Crippen molar-refractivity contribution in [3.63, 3.8) is 0 Å². The van der Waals surface area contributed by atoms with Crippen LogP contribution in [0, 0.1) is 0 Å². The third kappa shape index (κ3) is 4.63. The van der Waals surface area contributed by atoms with Crippen molar-refractivity contribution < 1.29 is 0 Å². The standard InChI is InChI=1S/C16H23N5/c1-12(2)19-14-7-5-6-13(10-14)11-18-15-8-9-17-16(20-15)21(3)4/h5-10,12,19H,11H2,1-4H3,(H,17,18,20). The van der Waals surface area contributed by atoms with Crippen LogP contribution in [0.25, 0.3) is 0 Å². The van der Waals surface area contributed by atoms with Crippen LogP contribution in [0.4, 0.5) is 17.5 Å². The van der Waals surface area contributed by atoms with Gasteiger partial charge in [-0.15, -0.1) is 0 Å². The molecule has 0 atom stereocenters. The molecule has 1 aromatic heterocycles. The van der Waals surface area contributed by atoms with E-state index in [9.17, 15) is 0 Å². The second-order valence-electron chi connectivity index (χ2n) is 5.49. The molecule has 2 N–H and O–H groups in total. The highest BCUT2D eigenvalue weighted by atomic mass is 15.2. The van der Waals surface area contributed by atoms with Crippen LogP contribution < -0.4 is 15.5 Å². The summed E-state index contributed by atoms with van der Waals surface area (Å²) in [6.07, 6.45) is 1.77. The first-order valence-corrected chi connectivity index (χ1v) is 7.14. The molecule has 5 nitrogen and oxygen atoms in total. The lowest BCUT2D eigenvalue weighted by Crippen LogP contribution is -2.13. The van der Waals surface area contributed by atoms with Crippen molar-refractivity contribution in [2.45, 2.75) is 26.4 Å². The van der Waals surface area contributed by atoms with Crippen molar-refractivity contribution in [1.82, 2.24) is 9.97 Å². The Morgan fingerprint density at radius 2 is 2.00 bits per heavy atom. The Morgan fingerprint density at radius 1 is 1.19 bits per heavy atom. The summed E-state index contributed by atoms with van der Waals surface area (Å²) in [5, 5.41) is 6.74. The molecule has 0 radical (unpaired) electrons. The van der Waals surface area contributed by atoms with Gasteiger partial charge in [0.2, 0.25) is 5.95 Å². The molecule has 112 valence electrons. The van der Waals surface area contributed by atoms with E-state index in [-0.39, 0.29) is 0 Å². The van der Waals surface area contributed by atoms with Crippen molar-refractivity contribution >= 4 is 17.5 Å². The van der Waals surface area contributed by atoms with Gasteiger partial charge in [0.25, 0.3) is 0 Å². The second-order valence-corrected chi connectivity index (χ2v) is 5.49. The molecular weight excluding hydrogens is 262 g/mol. The minimum atomic E-state index is 0.428. The van der Waals surface area contributed by atoms with E-state index in [1.807, 2.05) is 25.1 Å². The average molecular weight is 285 g/mol. The third-order valence-corrected chi connectivity index (χ3v) is 2.90. The summed E-state index contributed by atoms with van der Waals surface area (Å²) in [5.41, 5.74) is 2.35. The number of aromatic nitrogens is 2. The summed E-state index contributed by atoms with van der Waals surface area (Å²) in [5.74, 6) is 1.53.